The Kier molecular flexibility index (Phi) is 6.14. The highest BCUT2D eigenvalue weighted by Crippen LogP contribution is 2.23. The number of hydrogen-bond acceptors (Lipinski definition) is 7. The van der Waals surface area contributed by atoms with Crippen molar-refractivity contribution >= 4 is 29.4 Å². The Bertz CT molecular complexity index is 800. The molecule has 4 aliphatic heterocycles. The van der Waals surface area contributed by atoms with Gasteiger partial charge in [-0.25, -0.2) is 9.37 Å². The van der Waals surface area contributed by atoms with Crippen LogP contribution in [0.2, 0.25) is 0 Å². The highest BCUT2D eigenvalue weighted by Gasteiger charge is 2.54. The zero-order chi connectivity index (χ0) is 21.3. The van der Waals surface area contributed by atoms with E-state index < -0.39 is 6.04 Å². The number of fused-ring (bicyclic) bond motifs is 2. The number of likely N-dealkylation sites (N-methyl/N-ethyl adjacent to an activating group) is 1. The first-order valence-corrected chi connectivity index (χ1v) is 10.9. The minimum Gasteiger partial charge on any atom is -0.379 e. The molecule has 0 bridgehead atoms. The second-order valence-electron chi connectivity index (χ2n) is 8.25. The van der Waals surface area contributed by atoms with Crippen molar-refractivity contribution in [2.24, 2.45) is 10.1 Å². The summed E-state index contributed by atoms with van der Waals surface area (Å²) in [4.78, 5) is 36.1. The van der Waals surface area contributed by atoms with E-state index in [1.54, 1.807) is 7.05 Å². The summed E-state index contributed by atoms with van der Waals surface area (Å²) in [6.45, 7) is 9.93. The average molecular weight is 419 g/mol. The van der Waals surface area contributed by atoms with Crippen LogP contribution in [0.15, 0.2) is 10.1 Å². The first-order valence-electron chi connectivity index (χ1n) is 10.9. The molecule has 1 unspecified atom stereocenters. The molecule has 3 amide bonds. The maximum atomic E-state index is 13.3. The number of hydrazone groups is 1. The van der Waals surface area contributed by atoms with Gasteiger partial charge >= 0.3 is 12.0 Å². The fraction of sp³-hybridized carbons (Fsp3) is 0.750. The number of morpholine rings is 1. The number of amides is 3. The molecule has 10 heteroatoms. The number of amidine groups is 1. The monoisotopic (exact) mass is 418 g/mol. The molecule has 0 aromatic rings. The molecule has 30 heavy (non-hydrogen) atoms. The fourth-order valence-corrected chi connectivity index (χ4v) is 4.34. The molecule has 4 aliphatic rings. The number of hydrogen-bond donors (Lipinski definition) is 0. The standard InChI is InChI=1S/C20H32N7O3/c1-4-5-6-7-25-18(28)16-17(23(3)20(25)29)21-19-26(16)14-15(2)22-27(19)9-8-24-10-12-30-13-11-24/h16H,4-14H2,1-3H3/q+1. The Morgan fingerprint density at radius 3 is 2.63 bits per heavy atom. The maximum Gasteiger partial charge on any atom is 0.416 e. The number of guanidine groups is 1. The van der Waals surface area contributed by atoms with Gasteiger partial charge in [0.2, 0.25) is 11.9 Å². The van der Waals surface area contributed by atoms with Gasteiger partial charge in [0, 0.05) is 33.2 Å². The number of ether oxygens (including phenoxy) is 1. The highest BCUT2D eigenvalue weighted by molar-refractivity contribution is 6.23. The summed E-state index contributed by atoms with van der Waals surface area (Å²) in [7, 11) is 1.71. The van der Waals surface area contributed by atoms with Crippen LogP contribution >= 0.6 is 0 Å². The van der Waals surface area contributed by atoms with Crippen LogP contribution in [0.3, 0.4) is 0 Å². The van der Waals surface area contributed by atoms with E-state index in [1.165, 1.54) is 9.80 Å². The third-order valence-electron chi connectivity index (χ3n) is 6.03. The Labute approximate surface area is 177 Å². The van der Waals surface area contributed by atoms with Crippen LogP contribution in [0.1, 0.15) is 33.1 Å². The van der Waals surface area contributed by atoms with E-state index in [9.17, 15) is 9.59 Å². The molecule has 0 radical (unpaired) electrons. The quantitative estimate of drug-likeness (QED) is 0.437. The van der Waals surface area contributed by atoms with Gasteiger partial charge in [0.15, 0.2) is 0 Å². The normalized spacial score (nSPS) is 24.9. The average Bonchev–Trinajstić information content (AvgIpc) is 3.13. The van der Waals surface area contributed by atoms with Gasteiger partial charge in [-0.2, -0.15) is 0 Å². The van der Waals surface area contributed by atoms with Crippen molar-refractivity contribution in [1.82, 2.24) is 19.7 Å². The minimum atomic E-state index is -0.555. The lowest BCUT2D eigenvalue weighted by Crippen LogP contribution is -2.63. The van der Waals surface area contributed by atoms with Gasteiger partial charge in [0.25, 0.3) is 5.91 Å². The maximum absolute atomic E-state index is 13.3. The smallest absolute Gasteiger partial charge is 0.379 e. The van der Waals surface area contributed by atoms with Crippen molar-refractivity contribution in [2.75, 3.05) is 59.5 Å². The Balaban J connectivity index is 1.54. The largest absolute Gasteiger partial charge is 0.416 e. The number of urea groups is 1. The zero-order valence-corrected chi connectivity index (χ0v) is 18.2. The topological polar surface area (TPSA) is 84.1 Å². The van der Waals surface area contributed by atoms with E-state index in [-0.39, 0.29) is 11.9 Å². The molecule has 4 heterocycles. The minimum absolute atomic E-state index is 0.175. The van der Waals surface area contributed by atoms with Crippen LogP contribution in [-0.2, 0) is 9.53 Å². The molecule has 164 valence electrons. The van der Waals surface area contributed by atoms with Crippen LogP contribution in [0.5, 0.6) is 0 Å². The van der Waals surface area contributed by atoms with Crippen molar-refractivity contribution in [2.45, 2.75) is 39.2 Å². The number of carbonyl (C=O) groups excluding carboxylic acids is 2. The summed E-state index contributed by atoms with van der Waals surface area (Å²) in [5, 5.41) is 6.58. The van der Waals surface area contributed by atoms with Gasteiger partial charge in [0.1, 0.15) is 13.1 Å². The summed E-state index contributed by atoms with van der Waals surface area (Å²) in [5.41, 5.74) is 0.932. The molecule has 4 rings (SSSR count). The van der Waals surface area contributed by atoms with Crippen molar-refractivity contribution in [3.05, 3.63) is 0 Å². The third kappa shape index (κ3) is 3.85. The van der Waals surface area contributed by atoms with E-state index in [1.807, 2.05) is 16.5 Å². The number of aliphatic imine (C=N–C) groups is 1. The van der Waals surface area contributed by atoms with Crippen LogP contribution in [0, 0.1) is 0 Å². The molecule has 1 atom stereocenters. The van der Waals surface area contributed by atoms with E-state index in [0.717, 1.165) is 57.8 Å². The van der Waals surface area contributed by atoms with Gasteiger partial charge in [-0.15, -0.1) is 10.1 Å². The van der Waals surface area contributed by atoms with Crippen molar-refractivity contribution < 1.29 is 18.9 Å². The Morgan fingerprint density at radius 2 is 1.90 bits per heavy atom. The first-order chi connectivity index (χ1) is 14.5. The molecule has 2 saturated heterocycles. The van der Waals surface area contributed by atoms with E-state index in [2.05, 4.69) is 11.8 Å². The fourth-order valence-electron chi connectivity index (χ4n) is 4.34. The first kappa shape index (κ1) is 20.9. The summed E-state index contributed by atoms with van der Waals surface area (Å²) >= 11 is 0. The molecule has 0 aliphatic carbocycles. The van der Waals surface area contributed by atoms with Gasteiger partial charge in [0.05, 0.1) is 18.9 Å². The van der Waals surface area contributed by atoms with E-state index in [0.29, 0.717) is 31.4 Å². The van der Waals surface area contributed by atoms with Gasteiger partial charge in [-0.05, 0) is 13.3 Å². The lowest BCUT2D eigenvalue weighted by molar-refractivity contribution is -0.527. The van der Waals surface area contributed by atoms with Gasteiger partial charge in [-0.1, -0.05) is 24.8 Å². The molecule has 0 spiro atoms. The summed E-state index contributed by atoms with van der Waals surface area (Å²) in [5.74, 6) is 0.996. The molecule has 0 N–H and O–H groups in total. The summed E-state index contributed by atoms with van der Waals surface area (Å²) < 4.78 is 7.42. The highest BCUT2D eigenvalue weighted by atomic mass is 16.5. The zero-order valence-electron chi connectivity index (χ0n) is 18.2. The lowest BCUT2D eigenvalue weighted by atomic mass is 10.1. The van der Waals surface area contributed by atoms with E-state index in [4.69, 9.17) is 14.8 Å². The van der Waals surface area contributed by atoms with Crippen LogP contribution < -0.4 is 0 Å². The number of imide groups is 1. The second-order valence-corrected chi connectivity index (χ2v) is 8.25. The predicted octanol–water partition coefficient (Wildman–Crippen LogP) is 0.244. The van der Waals surface area contributed by atoms with Crippen LogP contribution in [0.25, 0.3) is 0 Å². The van der Waals surface area contributed by atoms with Crippen molar-refractivity contribution in [3.8, 4) is 0 Å². The number of carbonyl (C=O) groups is 2. The Morgan fingerprint density at radius 1 is 1.13 bits per heavy atom. The molecule has 0 aromatic carbocycles. The molecular weight excluding hydrogens is 386 g/mol. The molecular formula is C20H32N7O3+. The molecule has 0 saturated carbocycles. The third-order valence-corrected chi connectivity index (χ3v) is 6.03. The number of rotatable bonds is 7. The van der Waals surface area contributed by atoms with E-state index >= 15 is 0 Å². The van der Waals surface area contributed by atoms with Crippen LogP contribution in [-0.4, -0.2) is 119 Å². The number of nitrogens with zero attached hydrogens (tertiary/aromatic N) is 7. The second kappa shape index (κ2) is 8.81. The van der Waals surface area contributed by atoms with Crippen molar-refractivity contribution in [3.63, 3.8) is 0 Å². The molecule has 10 nitrogen and oxygen atoms in total. The summed E-state index contributed by atoms with van der Waals surface area (Å²) in [6.07, 6.45) is 2.86. The van der Waals surface area contributed by atoms with Gasteiger partial charge < -0.3 is 4.74 Å². The Hall–Kier alpha value is -2.33. The van der Waals surface area contributed by atoms with Gasteiger partial charge in [-0.3, -0.25) is 19.5 Å². The predicted molar refractivity (Wildman–Crippen MR) is 113 cm³/mol. The molecule has 2 fully saturated rings. The summed E-state index contributed by atoms with van der Waals surface area (Å²) in [6, 6.07) is -0.843. The molecule has 0 aromatic heterocycles. The lowest BCUT2D eigenvalue weighted by Gasteiger charge is -2.34. The SMILES string of the molecule is CCCCCN1C(=O)C2C(=NC3=[N+]2CC(C)=NN3CCN2CCOCC2)N(C)C1=O. The van der Waals surface area contributed by atoms with Crippen LogP contribution in [0.4, 0.5) is 4.79 Å². The number of unbranched alkanes of at least 4 members (excludes halogenated alkanes) is 2. The van der Waals surface area contributed by atoms with Crippen molar-refractivity contribution in [1.29, 1.82) is 0 Å².